The van der Waals surface area contributed by atoms with Crippen molar-refractivity contribution in [3.63, 3.8) is 0 Å². The molecule has 1 rings (SSSR count). The standard InChI is InChI=1S/C12H16Br2N2O2/c1-7(2)5-16-11(17)6-18-12-9(13)3-8(15)4-10(12)14/h3-4,7H,5-6,15H2,1-2H3,(H,16,17). The summed E-state index contributed by atoms with van der Waals surface area (Å²) < 4.78 is 6.88. The summed E-state index contributed by atoms with van der Waals surface area (Å²) in [6.07, 6.45) is 0. The first-order valence-corrected chi connectivity index (χ1v) is 7.12. The van der Waals surface area contributed by atoms with Crippen LogP contribution in [0.3, 0.4) is 0 Å². The number of carbonyl (C=O) groups is 1. The number of hydrogen-bond acceptors (Lipinski definition) is 3. The normalized spacial score (nSPS) is 10.5. The van der Waals surface area contributed by atoms with Crippen LogP contribution in [0.2, 0.25) is 0 Å². The number of nitrogens with two attached hydrogens (primary N) is 1. The Balaban J connectivity index is 2.56. The lowest BCUT2D eigenvalue weighted by Crippen LogP contribution is -2.31. The average Bonchev–Trinajstić information content (AvgIpc) is 2.24. The van der Waals surface area contributed by atoms with Crippen LogP contribution in [0.1, 0.15) is 13.8 Å². The van der Waals surface area contributed by atoms with Crippen molar-refractivity contribution >= 4 is 43.5 Å². The van der Waals surface area contributed by atoms with Gasteiger partial charge in [0.2, 0.25) is 0 Å². The molecule has 0 saturated carbocycles. The summed E-state index contributed by atoms with van der Waals surface area (Å²) in [5.74, 6) is 0.854. The van der Waals surface area contributed by atoms with Gasteiger partial charge in [-0.05, 0) is 49.9 Å². The number of amides is 1. The van der Waals surface area contributed by atoms with Crippen LogP contribution in [0.25, 0.3) is 0 Å². The molecular weight excluding hydrogens is 364 g/mol. The Hall–Kier alpha value is -0.750. The Labute approximate surface area is 124 Å². The van der Waals surface area contributed by atoms with Crippen LogP contribution in [-0.2, 0) is 4.79 Å². The van der Waals surface area contributed by atoms with Gasteiger partial charge in [0.1, 0.15) is 5.75 Å². The zero-order valence-electron chi connectivity index (χ0n) is 10.3. The predicted octanol–water partition coefficient (Wildman–Crippen LogP) is 2.94. The summed E-state index contributed by atoms with van der Waals surface area (Å²) in [4.78, 5) is 11.5. The van der Waals surface area contributed by atoms with Gasteiger partial charge in [0.15, 0.2) is 6.61 Å². The van der Waals surface area contributed by atoms with Gasteiger partial charge in [0, 0.05) is 12.2 Å². The summed E-state index contributed by atoms with van der Waals surface area (Å²) in [5, 5.41) is 2.78. The Kier molecular flexibility index (Phi) is 5.95. The van der Waals surface area contributed by atoms with Crippen molar-refractivity contribution in [1.82, 2.24) is 5.32 Å². The number of ether oxygens (including phenoxy) is 1. The minimum Gasteiger partial charge on any atom is -0.481 e. The molecule has 0 bridgehead atoms. The highest BCUT2D eigenvalue weighted by molar-refractivity contribution is 9.11. The summed E-state index contributed by atoms with van der Waals surface area (Å²) in [6.45, 7) is 4.70. The maximum absolute atomic E-state index is 11.5. The van der Waals surface area contributed by atoms with Crippen LogP contribution >= 0.6 is 31.9 Å². The van der Waals surface area contributed by atoms with Gasteiger partial charge in [-0.25, -0.2) is 0 Å². The third-order valence-electron chi connectivity index (χ3n) is 2.08. The van der Waals surface area contributed by atoms with Crippen LogP contribution in [-0.4, -0.2) is 19.1 Å². The third-order valence-corrected chi connectivity index (χ3v) is 3.25. The van der Waals surface area contributed by atoms with Gasteiger partial charge >= 0.3 is 0 Å². The Bertz CT molecular complexity index is 413. The average molecular weight is 380 g/mol. The fraction of sp³-hybridized carbons (Fsp3) is 0.417. The van der Waals surface area contributed by atoms with Crippen LogP contribution in [0.15, 0.2) is 21.1 Å². The van der Waals surface area contributed by atoms with Crippen molar-refractivity contribution in [3.05, 3.63) is 21.1 Å². The highest BCUT2D eigenvalue weighted by Gasteiger charge is 2.10. The molecule has 0 aliphatic heterocycles. The Morgan fingerprint density at radius 3 is 2.44 bits per heavy atom. The lowest BCUT2D eigenvalue weighted by molar-refractivity contribution is -0.123. The topological polar surface area (TPSA) is 64.3 Å². The van der Waals surface area contributed by atoms with Crippen molar-refractivity contribution in [2.24, 2.45) is 5.92 Å². The van der Waals surface area contributed by atoms with E-state index in [2.05, 4.69) is 37.2 Å². The second-order valence-electron chi connectivity index (χ2n) is 4.30. The molecule has 4 nitrogen and oxygen atoms in total. The molecule has 0 aromatic heterocycles. The lowest BCUT2D eigenvalue weighted by Gasteiger charge is -2.12. The van der Waals surface area contributed by atoms with E-state index in [9.17, 15) is 4.79 Å². The molecule has 6 heteroatoms. The number of carbonyl (C=O) groups excluding carboxylic acids is 1. The SMILES string of the molecule is CC(C)CNC(=O)COc1c(Br)cc(N)cc1Br. The fourth-order valence-electron chi connectivity index (χ4n) is 1.22. The van der Waals surface area contributed by atoms with Crippen molar-refractivity contribution < 1.29 is 9.53 Å². The molecule has 1 aromatic rings. The second kappa shape index (κ2) is 6.99. The van der Waals surface area contributed by atoms with E-state index in [0.29, 0.717) is 32.8 Å². The van der Waals surface area contributed by atoms with Gasteiger partial charge in [-0.2, -0.15) is 0 Å². The van der Waals surface area contributed by atoms with Crippen LogP contribution in [0, 0.1) is 5.92 Å². The molecule has 0 spiro atoms. The number of anilines is 1. The van der Waals surface area contributed by atoms with E-state index in [-0.39, 0.29) is 12.5 Å². The summed E-state index contributed by atoms with van der Waals surface area (Å²) in [5.41, 5.74) is 6.29. The van der Waals surface area contributed by atoms with E-state index in [4.69, 9.17) is 10.5 Å². The van der Waals surface area contributed by atoms with E-state index in [1.165, 1.54) is 0 Å². The number of halogens is 2. The van der Waals surface area contributed by atoms with E-state index in [0.717, 1.165) is 0 Å². The molecule has 1 amide bonds. The molecule has 0 atom stereocenters. The Morgan fingerprint density at radius 2 is 1.94 bits per heavy atom. The monoisotopic (exact) mass is 378 g/mol. The predicted molar refractivity (Wildman–Crippen MR) is 79.6 cm³/mol. The fourth-order valence-corrected chi connectivity index (χ4v) is 2.67. The van der Waals surface area contributed by atoms with Crippen LogP contribution in [0.4, 0.5) is 5.69 Å². The molecule has 0 heterocycles. The van der Waals surface area contributed by atoms with Crippen LogP contribution in [0.5, 0.6) is 5.75 Å². The molecule has 0 fully saturated rings. The molecule has 18 heavy (non-hydrogen) atoms. The number of rotatable bonds is 5. The first-order chi connectivity index (χ1) is 8.40. The summed E-state index contributed by atoms with van der Waals surface area (Å²) >= 11 is 6.69. The van der Waals surface area contributed by atoms with Gasteiger partial charge < -0.3 is 15.8 Å². The number of benzene rings is 1. The number of nitrogen functional groups attached to an aromatic ring is 1. The summed E-state index contributed by atoms with van der Waals surface area (Å²) in [6, 6.07) is 3.46. The van der Waals surface area contributed by atoms with Gasteiger partial charge in [0.25, 0.3) is 5.91 Å². The van der Waals surface area contributed by atoms with Gasteiger partial charge in [-0.15, -0.1) is 0 Å². The van der Waals surface area contributed by atoms with E-state index >= 15 is 0 Å². The molecule has 1 aromatic carbocycles. The second-order valence-corrected chi connectivity index (χ2v) is 6.01. The van der Waals surface area contributed by atoms with Crippen LogP contribution < -0.4 is 15.8 Å². The van der Waals surface area contributed by atoms with Gasteiger partial charge in [-0.3, -0.25) is 4.79 Å². The van der Waals surface area contributed by atoms with Crippen molar-refractivity contribution in [2.75, 3.05) is 18.9 Å². The molecule has 100 valence electrons. The van der Waals surface area contributed by atoms with Crippen molar-refractivity contribution in [1.29, 1.82) is 0 Å². The van der Waals surface area contributed by atoms with Gasteiger partial charge in [0.05, 0.1) is 8.95 Å². The third kappa shape index (κ3) is 4.86. The molecule has 0 aliphatic carbocycles. The molecule has 0 unspecified atom stereocenters. The molecule has 3 N–H and O–H groups in total. The lowest BCUT2D eigenvalue weighted by atomic mass is 10.2. The minimum atomic E-state index is -0.140. The van der Waals surface area contributed by atoms with Crippen molar-refractivity contribution in [2.45, 2.75) is 13.8 Å². The minimum absolute atomic E-state index is 0.0200. The first-order valence-electron chi connectivity index (χ1n) is 5.54. The quantitative estimate of drug-likeness (QED) is 0.773. The summed E-state index contributed by atoms with van der Waals surface area (Å²) in [7, 11) is 0. The highest BCUT2D eigenvalue weighted by Crippen LogP contribution is 2.35. The maximum atomic E-state index is 11.5. The smallest absolute Gasteiger partial charge is 0.257 e. The van der Waals surface area contributed by atoms with E-state index < -0.39 is 0 Å². The largest absolute Gasteiger partial charge is 0.481 e. The van der Waals surface area contributed by atoms with E-state index in [1.54, 1.807) is 12.1 Å². The Morgan fingerprint density at radius 1 is 1.39 bits per heavy atom. The first kappa shape index (κ1) is 15.3. The molecule has 0 radical (unpaired) electrons. The maximum Gasteiger partial charge on any atom is 0.257 e. The highest BCUT2D eigenvalue weighted by atomic mass is 79.9. The zero-order valence-corrected chi connectivity index (χ0v) is 13.5. The van der Waals surface area contributed by atoms with Gasteiger partial charge in [-0.1, -0.05) is 13.8 Å². The van der Waals surface area contributed by atoms with Crippen molar-refractivity contribution in [3.8, 4) is 5.75 Å². The molecular formula is C12H16Br2N2O2. The zero-order chi connectivity index (χ0) is 13.7. The number of nitrogens with one attached hydrogen (secondary N) is 1. The molecule has 0 aliphatic rings. The van der Waals surface area contributed by atoms with E-state index in [1.807, 2.05) is 13.8 Å². The molecule has 0 saturated heterocycles. The number of hydrogen-bond donors (Lipinski definition) is 2.